The maximum atomic E-state index is 11.9. The van der Waals surface area contributed by atoms with Gasteiger partial charge >= 0.3 is 0 Å². The van der Waals surface area contributed by atoms with Gasteiger partial charge in [0.05, 0.1) is 12.5 Å². The number of hydrogen-bond donors (Lipinski definition) is 3. The zero-order valence-corrected chi connectivity index (χ0v) is 11.5. The van der Waals surface area contributed by atoms with Crippen LogP contribution in [0.2, 0.25) is 0 Å². The number of rotatable bonds is 7. The fourth-order valence-electron chi connectivity index (χ4n) is 2.05. The molecule has 4 N–H and O–H groups in total. The third-order valence-electron chi connectivity index (χ3n) is 3.20. The average Bonchev–Trinajstić information content (AvgIpc) is 2.43. The Kier molecular flexibility index (Phi) is 6.49. The first-order chi connectivity index (χ1) is 9.10. The van der Waals surface area contributed by atoms with E-state index in [0.717, 1.165) is 5.56 Å². The lowest BCUT2D eigenvalue weighted by molar-refractivity contribution is -0.123. The van der Waals surface area contributed by atoms with E-state index in [4.69, 9.17) is 10.9 Å². The molecule has 1 rings (SSSR count). The maximum Gasteiger partial charge on any atom is 0.242 e. The monoisotopic (exact) mass is 265 g/mol. The summed E-state index contributed by atoms with van der Waals surface area (Å²) in [6.07, 6.45) is 0. The van der Waals surface area contributed by atoms with E-state index in [1.54, 1.807) is 0 Å². The van der Waals surface area contributed by atoms with Crippen molar-refractivity contribution in [2.45, 2.75) is 25.8 Å². The van der Waals surface area contributed by atoms with Crippen molar-refractivity contribution >= 4 is 5.91 Å². The smallest absolute Gasteiger partial charge is 0.242 e. The average molecular weight is 265 g/mol. The quantitative estimate of drug-likeness (QED) is 0.380. The molecule has 0 aliphatic rings. The van der Waals surface area contributed by atoms with Crippen LogP contribution in [-0.4, -0.2) is 41.7 Å². The Labute approximate surface area is 114 Å². The number of carbonyl (C=O) groups excluding carboxylic acids is 1. The van der Waals surface area contributed by atoms with Gasteiger partial charge in [-0.1, -0.05) is 30.3 Å². The van der Waals surface area contributed by atoms with Crippen LogP contribution >= 0.6 is 0 Å². The lowest BCUT2D eigenvalue weighted by Gasteiger charge is -2.29. The molecule has 0 saturated heterocycles. The summed E-state index contributed by atoms with van der Waals surface area (Å²) in [6, 6.07) is 9.79. The molecule has 0 saturated carbocycles. The van der Waals surface area contributed by atoms with Gasteiger partial charge in [-0.05, 0) is 19.4 Å². The van der Waals surface area contributed by atoms with Crippen LogP contribution in [-0.2, 0) is 4.79 Å². The van der Waals surface area contributed by atoms with Crippen molar-refractivity contribution in [2.24, 2.45) is 5.84 Å². The van der Waals surface area contributed by atoms with E-state index >= 15 is 0 Å². The largest absolute Gasteiger partial charge is 0.395 e. The fraction of sp³-hybridized carbons (Fsp3) is 0.500. The standard InChI is InChI=1S/C14H23N3O2/c1-11(2)17(8-9-18)10-13(14(19)16-15)12-6-4-3-5-7-12/h3-7,11,13,18H,8-10,15H2,1-2H3,(H,16,19). The minimum Gasteiger partial charge on any atom is -0.395 e. The lowest BCUT2D eigenvalue weighted by Crippen LogP contribution is -2.43. The van der Waals surface area contributed by atoms with Gasteiger partial charge < -0.3 is 5.11 Å². The minimum atomic E-state index is -0.333. The van der Waals surface area contributed by atoms with E-state index in [1.165, 1.54) is 0 Å². The Morgan fingerprint density at radius 2 is 2.00 bits per heavy atom. The van der Waals surface area contributed by atoms with Crippen LogP contribution in [0.3, 0.4) is 0 Å². The Hall–Kier alpha value is -1.43. The number of nitrogens with zero attached hydrogens (tertiary/aromatic N) is 1. The summed E-state index contributed by atoms with van der Waals surface area (Å²) in [5.41, 5.74) is 3.15. The number of hydrogen-bond acceptors (Lipinski definition) is 4. The van der Waals surface area contributed by atoms with Crippen LogP contribution < -0.4 is 11.3 Å². The van der Waals surface area contributed by atoms with Gasteiger partial charge in [0.1, 0.15) is 0 Å². The number of nitrogens with two attached hydrogens (primary N) is 1. The summed E-state index contributed by atoms with van der Waals surface area (Å²) in [7, 11) is 0. The third kappa shape index (κ3) is 4.63. The molecule has 106 valence electrons. The molecule has 0 fully saturated rings. The Bertz CT molecular complexity index is 382. The van der Waals surface area contributed by atoms with E-state index < -0.39 is 0 Å². The molecule has 5 heteroatoms. The Morgan fingerprint density at radius 3 is 2.47 bits per heavy atom. The predicted molar refractivity (Wildman–Crippen MR) is 75.3 cm³/mol. The highest BCUT2D eigenvalue weighted by Gasteiger charge is 2.23. The van der Waals surface area contributed by atoms with Crippen LogP contribution in [0.4, 0.5) is 0 Å². The summed E-state index contributed by atoms with van der Waals surface area (Å²) in [4.78, 5) is 14.0. The molecule has 0 heterocycles. The molecule has 0 radical (unpaired) electrons. The zero-order chi connectivity index (χ0) is 14.3. The molecule has 0 aliphatic carbocycles. The number of aliphatic hydroxyl groups is 1. The first-order valence-corrected chi connectivity index (χ1v) is 6.50. The van der Waals surface area contributed by atoms with E-state index in [-0.39, 0.29) is 24.5 Å². The SMILES string of the molecule is CC(C)N(CCO)CC(C(=O)NN)c1ccccc1. The second kappa shape index (κ2) is 7.89. The predicted octanol–water partition coefficient (Wildman–Crippen LogP) is 0.463. The normalized spacial score (nSPS) is 12.7. The lowest BCUT2D eigenvalue weighted by atomic mass is 9.97. The molecule has 19 heavy (non-hydrogen) atoms. The van der Waals surface area contributed by atoms with Gasteiger partial charge in [0.15, 0.2) is 0 Å². The molecule has 0 aliphatic heterocycles. The summed E-state index contributed by atoms with van der Waals surface area (Å²) in [6.45, 7) is 5.23. The number of amides is 1. The molecular formula is C14H23N3O2. The maximum absolute atomic E-state index is 11.9. The van der Waals surface area contributed by atoms with Crippen molar-refractivity contribution < 1.29 is 9.90 Å². The minimum absolute atomic E-state index is 0.0733. The zero-order valence-electron chi connectivity index (χ0n) is 11.5. The van der Waals surface area contributed by atoms with E-state index in [1.807, 2.05) is 44.2 Å². The number of aliphatic hydroxyl groups excluding tert-OH is 1. The Balaban J connectivity index is 2.89. The molecule has 5 nitrogen and oxygen atoms in total. The van der Waals surface area contributed by atoms with Crippen LogP contribution in [0, 0.1) is 0 Å². The fourth-order valence-corrected chi connectivity index (χ4v) is 2.05. The number of nitrogens with one attached hydrogen (secondary N) is 1. The molecule has 1 atom stereocenters. The summed E-state index contributed by atoms with van der Waals surface area (Å²) < 4.78 is 0. The van der Waals surface area contributed by atoms with Crippen molar-refractivity contribution in [2.75, 3.05) is 19.7 Å². The first kappa shape index (κ1) is 15.6. The topological polar surface area (TPSA) is 78.6 Å². The molecule has 1 unspecified atom stereocenters. The van der Waals surface area contributed by atoms with Crippen LogP contribution in [0.5, 0.6) is 0 Å². The first-order valence-electron chi connectivity index (χ1n) is 6.50. The van der Waals surface area contributed by atoms with Crippen molar-refractivity contribution in [3.8, 4) is 0 Å². The number of carbonyl (C=O) groups is 1. The second-order valence-corrected chi connectivity index (χ2v) is 4.78. The molecule has 1 amide bonds. The van der Waals surface area contributed by atoms with Gasteiger partial charge in [-0.2, -0.15) is 0 Å². The van der Waals surface area contributed by atoms with Gasteiger partial charge in [-0.15, -0.1) is 0 Å². The van der Waals surface area contributed by atoms with E-state index in [0.29, 0.717) is 13.1 Å². The Morgan fingerprint density at radius 1 is 1.37 bits per heavy atom. The highest BCUT2D eigenvalue weighted by Crippen LogP contribution is 2.18. The molecule has 1 aromatic carbocycles. The third-order valence-corrected chi connectivity index (χ3v) is 3.20. The second-order valence-electron chi connectivity index (χ2n) is 4.78. The van der Waals surface area contributed by atoms with Gasteiger partial charge in [-0.25, -0.2) is 5.84 Å². The van der Waals surface area contributed by atoms with E-state index in [2.05, 4.69) is 10.3 Å². The van der Waals surface area contributed by atoms with Crippen LogP contribution in [0.25, 0.3) is 0 Å². The van der Waals surface area contributed by atoms with Crippen molar-refractivity contribution in [3.63, 3.8) is 0 Å². The van der Waals surface area contributed by atoms with E-state index in [9.17, 15) is 4.79 Å². The summed E-state index contributed by atoms with van der Waals surface area (Å²) in [5.74, 6) is 4.72. The van der Waals surface area contributed by atoms with Crippen molar-refractivity contribution in [3.05, 3.63) is 35.9 Å². The van der Waals surface area contributed by atoms with Crippen LogP contribution in [0.1, 0.15) is 25.3 Å². The number of hydrazine groups is 1. The highest BCUT2D eigenvalue weighted by atomic mass is 16.3. The summed E-state index contributed by atoms with van der Waals surface area (Å²) in [5, 5.41) is 9.10. The highest BCUT2D eigenvalue weighted by molar-refractivity contribution is 5.83. The molecule has 0 spiro atoms. The molecule has 0 aromatic heterocycles. The van der Waals surface area contributed by atoms with Gasteiger partial charge in [0.2, 0.25) is 5.91 Å². The van der Waals surface area contributed by atoms with Gasteiger partial charge in [0, 0.05) is 19.1 Å². The number of benzene rings is 1. The molecular weight excluding hydrogens is 242 g/mol. The summed E-state index contributed by atoms with van der Waals surface area (Å²) >= 11 is 0. The molecule has 1 aromatic rings. The van der Waals surface area contributed by atoms with Crippen LogP contribution in [0.15, 0.2) is 30.3 Å². The van der Waals surface area contributed by atoms with Crippen molar-refractivity contribution in [1.82, 2.24) is 10.3 Å². The van der Waals surface area contributed by atoms with Gasteiger partial charge in [-0.3, -0.25) is 15.1 Å². The molecule has 0 bridgehead atoms. The van der Waals surface area contributed by atoms with Crippen molar-refractivity contribution in [1.29, 1.82) is 0 Å². The van der Waals surface area contributed by atoms with Gasteiger partial charge in [0.25, 0.3) is 0 Å².